The number of carbonyl (C=O) groups excluding carboxylic acids is 2. The molecular weight excluding hydrogens is 272 g/mol. The van der Waals surface area contributed by atoms with E-state index in [1.165, 1.54) is 13.2 Å². The second-order valence-corrected chi connectivity index (χ2v) is 5.57. The lowest BCUT2D eigenvalue weighted by atomic mass is 9.85. The van der Waals surface area contributed by atoms with Gasteiger partial charge in [-0.2, -0.15) is 0 Å². The number of aliphatic hydroxyl groups excluding tert-OH is 1. The van der Waals surface area contributed by atoms with Gasteiger partial charge in [0.05, 0.1) is 25.2 Å². The average Bonchev–Trinajstić information content (AvgIpc) is 3.15. The highest BCUT2D eigenvalue weighted by atomic mass is 16.6. The summed E-state index contributed by atoms with van der Waals surface area (Å²) in [4.78, 5) is 22.9. The topological polar surface area (TPSA) is 76.1 Å². The van der Waals surface area contributed by atoms with Crippen LogP contribution in [0.3, 0.4) is 0 Å². The molecule has 0 saturated carbocycles. The molecule has 0 amide bonds. The summed E-state index contributed by atoms with van der Waals surface area (Å²) in [5, 5.41) is 10.4. The van der Waals surface area contributed by atoms with E-state index in [4.69, 9.17) is 4.74 Å². The van der Waals surface area contributed by atoms with Crippen molar-refractivity contribution in [3.63, 3.8) is 0 Å². The Kier molecular flexibility index (Phi) is 5.31. The third kappa shape index (κ3) is 3.80. The molecule has 1 N–H and O–H groups in total. The van der Waals surface area contributed by atoms with Crippen molar-refractivity contribution in [2.24, 2.45) is 11.8 Å². The number of ketones is 1. The van der Waals surface area contributed by atoms with Crippen LogP contribution in [0.15, 0.2) is 24.8 Å². The first-order chi connectivity index (χ1) is 10.1. The van der Waals surface area contributed by atoms with Crippen LogP contribution in [0.4, 0.5) is 0 Å². The summed E-state index contributed by atoms with van der Waals surface area (Å²) in [6.07, 6.45) is 6.35. The van der Waals surface area contributed by atoms with Gasteiger partial charge in [-0.25, -0.2) is 0 Å². The Morgan fingerprint density at radius 2 is 2.38 bits per heavy atom. The Bertz CT molecular complexity index is 442. The van der Waals surface area contributed by atoms with E-state index in [2.05, 4.69) is 11.3 Å². The van der Waals surface area contributed by atoms with Crippen LogP contribution < -0.4 is 0 Å². The molecule has 5 heteroatoms. The molecule has 5 atom stereocenters. The fourth-order valence-electron chi connectivity index (χ4n) is 2.94. The Hall–Kier alpha value is -1.46. The molecule has 0 aromatic carbocycles. The monoisotopic (exact) mass is 294 g/mol. The second-order valence-electron chi connectivity index (χ2n) is 5.57. The Morgan fingerprint density at radius 1 is 1.62 bits per heavy atom. The molecule has 1 heterocycles. The zero-order chi connectivity index (χ0) is 15.4. The molecule has 0 bridgehead atoms. The number of rotatable bonds is 8. The number of aliphatic hydroxyl groups is 1. The van der Waals surface area contributed by atoms with E-state index in [0.29, 0.717) is 25.7 Å². The van der Waals surface area contributed by atoms with Crippen LogP contribution in [-0.4, -0.2) is 42.3 Å². The number of carbonyl (C=O) groups is 2. The number of methoxy groups -OCH3 is 1. The molecule has 2 unspecified atom stereocenters. The molecule has 0 aromatic rings. The lowest BCUT2D eigenvalue weighted by Gasteiger charge is -2.21. The second kappa shape index (κ2) is 7.00. The van der Waals surface area contributed by atoms with E-state index in [1.807, 2.05) is 6.08 Å². The molecule has 1 aliphatic carbocycles. The minimum Gasteiger partial charge on any atom is -0.469 e. The van der Waals surface area contributed by atoms with Crippen LogP contribution in [-0.2, 0) is 19.1 Å². The van der Waals surface area contributed by atoms with E-state index in [0.717, 1.165) is 0 Å². The molecule has 1 fully saturated rings. The fourth-order valence-corrected chi connectivity index (χ4v) is 2.94. The van der Waals surface area contributed by atoms with Crippen LogP contribution in [0.1, 0.15) is 25.7 Å². The van der Waals surface area contributed by atoms with Gasteiger partial charge in [-0.3, -0.25) is 9.59 Å². The van der Waals surface area contributed by atoms with Crippen molar-refractivity contribution >= 4 is 11.8 Å². The molecule has 1 aliphatic heterocycles. The van der Waals surface area contributed by atoms with Crippen LogP contribution in [0.2, 0.25) is 0 Å². The van der Waals surface area contributed by atoms with Gasteiger partial charge in [0.1, 0.15) is 6.10 Å². The maximum Gasteiger partial charge on any atom is 0.305 e. The molecule has 0 aromatic heterocycles. The van der Waals surface area contributed by atoms with Gasteiger partial charge < -0.3 is 14.6 Å². The zero-order valence-corrected chi connectivity index (χ0v) is 12.2. The van der Waals surface area contributed by atoms with Gasteiger partial charge in [-0.1, -0.05) is 12.2 Å². The van der Waals surface area contributed by atoms with E-state index in [1.54, 1.807) is 6.08 Å². The van der Waals surface area contributed by atoms with Crippen LogP contribution in [0, 0.1) is 11.8 Å². The van der Waals surface area contributed by atoms with E-state index < -0.39 is 12.0 Å². The minimum absolute atomic E-state index is 0.00455. The maximum atomic E-state index is 11.9. The molecule has 2 rings (SSSR count). The van der Waals surface area contributed by atoms with Crippen molar-refractivity contribution in [1.82, 2.24) is 0 Å². The summed E-state index contributed by atoms with van der Waals surface area (Å²) < 4.78 is 10.0. The number of epoxide rings is 1. The first kappa shape index (κ1) is 15.9. The summed E-state index contributed by atoms with van der Waals surface area (Å²) in [6, 6.07) is 0. The van der Waals surface area contributed by atoms with Gasteiger partial charge in [-0.15, -0.1) is 6.58 Å². The van der Waals surface area contributed by atoms with Gasteiger partial charge in [0.15, 0.2) is 5.78 Å². The molecule has 2 aliphatic rings. The van der Waals surface area contributed by atoms with E-state index in [9.17, 15) is 14.7 Å². The number of ether oxygens (including phenoxy) is 2. The SMILES string of the molecule is C=CC[C@H]1C=CC(=O)C1C(O)[C@H]1O[C@H]1CCCC(=O)OC. The summed E-state index contributed by atoms with van der Waals surface area (Å²) in [6.45, 7) is 3.68. The van der Waals surface area contributed by atoms with Crippen molar-refractivity contribution < 1.29 is 24.2 Å². The van der Waals surface area contributed by atoms with Gasteiger partial charge in [0.25, 0.3) is 0 Å². The average molecular weight is 294 g/mol. The van der Waals surface area contributed by atoms with Crippen molar-refractivity contribution in [2.45, 2.75) is 44.0 Å². The number of esters is 1. The quantitative estimate of drug-likeness (QED) is 0.416. The zero-order valence-electron chi connectivity index (χ0n) is 12.2. The molecular formula is C16H22O5. The van der Waals surface area contributed by atoms with Crippen molar-refractivity contribution in [3.8, 4) is 0 Å². The lowest BCUT2D eigenvalue weighted by Crippen LogP contribution is -2.34. The third-order valence-electron chi connectivity index (χ3n) is 4.16. The van der Waals surface area contributed by atoms with Crippen molar-refractivity contribution in [1.29, 1.82) is 0 Å². The van der Waals surface area contributed by atoms with Crippen LogP contribution in [0.25, 0.3) is 0 Å². The lowest BCUT2D eigenvalue weighted by molar-refractivity contribution is -0.140. The molecule has 0 spiro atoms. The normalized spacial score (nSPS) is 32.0. The Morgan fingerprint density at radius 3 is 3.05 bits per heavy atom. The first-order valence-corrected chi connectivity index (χ1v) is 7.31. The third-order valence-corrected chi connectivity index (χ3v) is 4.16. The number of hydrogen-bond acceptors (Lipinski definition) is 5. The summed E-state index contributed by atoms with van der Waals surface area (Å²) in [7, 11) is 1.36. The molecule has 116 valence electrons. The molecule has 0 radical (unpaired) electrons. The first-order valence-electron chi connectivity index (χ1n) is 7.31. The smallest absolute Gasteiger partial charge is 0.305 e. The minimum atomic E-state index is -0.791. The highest BCUT2D eigenvalue weighted by molar-refractivity contribution is 5.95. The van der Waals surface area contributed by atoms with E-state index in [-0.39, 0.29) is 29.9 Å². The predicted octanol–water partition coefficient (Wildman–Crippen LogP) is 1.41. The van der Waals surface area contributed by atoms with Gasteiger partial charge in [0, 0.05) is 6.42 Å². The largest absolute Gasteiger partial charge is 0.469 e. The van der Waals surface area contributed by atoms with Crippen LogP contribution in [0.5, 0.6) is 0 Å². The van der Waals surface area contributed by atoms with Gasteiger partial charge in [0.2, 0.25) is 0 Å². The van der Waals surface area contributed by atoms with Gasteiger partial charge >= 0.3 is 5.97 Å². The summed E-state index contributed by atoms with van der Waals surface area (Å²) >= 11 is 0. The molecule has 21 heavy (non-hydrogen) atoms. The maximum absolute atomic E-state index is 11.9. The highest BCUT2D eigenvalue weighted by Crippen LogP contribution is 2.38. The number of allylic oxidation sites excluding steroid dienone is 3. The standard InChI is InChI=1S/C16H22O5/c1-3-5-10-8-9-11(17)14(10)15(19)16-12(21-16)6-4-7-13(18)20-2/h3,8-10,12,14-16,19H,1,4-7H2,2H3/t10-,12-,14?,15?,16-/m0/s1. The van der Waals surface area contributed by atoms with Crippen molar-refractivity contribution in [2.75, 3.05) is 7.11 Å². The summed E-state index contributed by atoms with van der Waals surface area (Å²) in [5.74, 6) is -0.712. The van der Waals surface area contributed by atoms with E-state index >= 15 is 0 Å². The molecule has 5 nitrogen and oxygen atoms in total. The Labute approximate surface area is 124 Å². The molecule has 1 saturated heterocycles. The van der Waals surface area contributed by atoms with Crippen molar-refractivity contribution in [3.05, 3.63) is 24.8 Å². The fraction of sp³-hybridized carbons (Fsp3) is 0.625. The van der Waals surface area contributed by atoms with Crippen LogP contribution >= 0.6 is 0 Å². The summed E-state index contributed by atoms with van der Waals surface area (Å²) in [5.41, 5.74) is 0. The highest BCUT2D eigenvalue weighted by Gasteiger charge is 2.50. The predicted molar refractivity (Wildman–Crippen MR) is 76.5 cm³/mol. The number of hydrogen-bond donors (Lipinski definition) is 1. The Balaban J connectivity index is 1.79. The van der Waals surface area contributed by atoms with Gasteiger partial charge in [-0.05, 0) is 31.3 Å².